The van der Waals surface area contributed by atoms with E-state index in [0.29, 0.717) is 19.5 Å². The minimum absolute atomic E-state index is 0.0382. The van der Waals surface area contributed by atoms with E-state index in [2.05, 4.69) is 10.3 Å². The van der Waals surface area contributed by atoms with E-state index in [0.717, 1.165) is 29.7 Å². The molecule has 0 saturated carbocycles. The summed E-state index contributed by atoms with van der Waals surface area (Å²) in [6, 6.07) is 4.60. The lowest BCUT2D eigenvalue weighted by atomic mass is 9.93. The molecule has 1 atom stereocenters. The van der Waals surface area contributed by atoms with Gasteiger partial charge in [0.05, 0.1) is 17.4 Å². The first-order valence-corrected chi connectivity index (χ1v) is 8.85. The smallest absolute Gasteiger partial charge is 0.416 e. The fourth-order valence-electron chi connectivity index (χ4n) is 3.29. The van der Waals surface area contributed by atoms with Crippen LogP contribution in [0.15, 0.2) is 30.5 Å². The molecule has 2 heterocycles. The minimum Gasteiger partial charge on any atom is -0.481 e. The van der Waals surface area contributed by atoms with Crippen molar-refractivity contribution >= 4 is 11.9 Å². The number of piperidine rings is 1. The first-order chi connectivity index (χ1) is 13.2. The normalized spacial score (nSPS) is 17.5. The molecule has 1 N–H and O–H groups in total. The van der Waals surface area contributed by atoms with Gasteiger partial charge in [0.2, 0.25) is 0 Å². The molecule has 1 amide bonds. The molecule has 28 heavy (non-hydrogen) atoms. The van der Waals surface area contributed by atoms with Gasteiger partial charge in [-0.25, -0.2) is 4.68 Å². The molecule has 0 radical (unpaired) electrons. The maximum Gasteiger partial charge on any atom is 0.416 e. The molecule has 0 aliphatic carbocycles. The van der Waals surface area contributed by atoms with Crippen LogP contribution < -0.4 is 0 Å². The molecule has 1 aliphatic heterocycles. The number of hydrogen-bond acceptors (Lipinski definition) is 4. The van der Waals surface area contributed by atoms with E-state index in [-0.39, 0.29) is 29.6 Å². The van der Waals surface area contributed by atoms with Crippen LogP contribution in [0, 0.1) is 5.92 Å². The zero-order valence-corrected chi connectivity index (χ0v) is 14.9. The molecule has 10 heteroatoms. The van der Waals surface area contributed by atoms with Crippen molar-refractivity contribution in [3.8, 4) is 5.69 Å². The third-order valence-electron chi connectivity index (χ3n) is 4.72. The van der Waals surface area contributed by atoms with E-state index in [1.54, 1.807) is 4.90 Å². The van der Waals surface area contributed by atoms with Gasteiger partial charge < -0.3 is 10.0 Å². The number of carboxylic acid groups (broad SMARTS) is 1. The van der Waals surface area contributed by atoms with Gasteiger partial charge in [-0.1, -0.05) is 11.3 Å². The van der Waals surface area contributed by atoms with Gasteiger partial charge in [-0.15, -0.1) is 5.10 Å². The second-order valence-corrected chi connectivity index (χ2v) is 6.79. The SMILES string of the molecule is O=C(O)CCC1CCCN(C(=O)c2cn(-c3cccc(C(F)(F)F)c3)nn2)C1. The van der Waals surface area contributed by atoms with Crippen LogP contribution in [0.2, 0.25) is 0 Å². The number of hydrogen-bond donors (Lipinski definition) is 1. The van der Waals surface area contributed by atoms with Gasteiger partial charge in [0.25, 0.3) is 5.91 Å². The van der Waals surface area contributed by atoms with Gasteiger partial charge in [-0.05, 0) is 43.4 Å². The van der Waals surface area contributed by atoms with Crippen LogP contribution in [0.1, 0.15) is 41.7 Å². The van der Waals surface area contributed by atoms with E-state index in [1.165, 1.54) is 18.3 Å². The number of carboxylic acids is 1. The Labute approximate surface area is 158 Å². The van der Waals surface area contributed by atoms with Crippen LogP contribution in [0.3, 0.4) is 0 Å². The summed E-state index contributed by atoms with van der Waals surface area (Å²) in [7, 11) is 0. The summed E-state index contributed by atoms with van der Waals surface area (Å²) in [6.07, 6.45) is -1.01. The van der Waals surface area contributed by atoms with Gasteiger partial charge in [-0.3, -0.25) is 9.59 Å². The monoisotopic (exact) mass is 396 g/mol. The Morgan fingerprint density at radius 3 is 2.79 bits per heavy atom. The van der Waals surface area contributed by atoms with Crippen LogP contribution in [-0.4, -0.2) is 50.0 Å². The first-order valence-electron chi connectivity index (χ1n) is 8.85. The number of alkyl halides is 3. The zero-order chi connectivity index (χ0) is 20.3. The number of nitrogens with zero attached hydrogens (tertiary/aromatic N) is 4. The van der Waals surface area contributed by atoms with Gasteiger partial charge >= 0.3 is 12.1 Å². The molecule has 0 bridgehead atoms. The Hall–Kier alpha value is -2.91. The highest BCUT2D eigenvalue weighted by molar-refractivity contribution is 5.92. The van der Waals surface area contributed by atoms with Crippen molar-refractivity contribution in [1.82, 2.24) is 19.9 Å². The average molecular weight is 396 g/mol. The fraction of sp³-hybridized carbons (Fsp3) is 0.444. The first kappa shape index (κ1) is 19.8. The molecule has 1 unspecified atom stereocenters. The van der Waals surface area contributed by atoms with Gasteiger partial charge in [0, 0.05) is 19.5 Å². The predicted octanol–water partition coefficient (Wildman–Crippen LogP) is 3.00. The van der Waals surface area contributed by atoms with Crippen molar-refractivity contribution in [1.29, 1.82) is 0 Å². The highest BCUT2D eigenvalue weighted by Gasteiger charge is 2.31. The molecule has 1 aromatic heterocycles. The molecular weight excluding hydrogens is 377 g/mol. The lowest BCUT2D eigenvalue weighted by Crippen LogP contribution is -2.40. The highest BCUT2D eigenvalue weighted by atomic mass is 19.4. The van der Waals surface area contributed by atoms with E-state index in [4.69, 9.17) is 5.11 Å². The number of carbonyl (C=O) groups is 2. The van der Waals surface area contributed by atoms with Crippen molar-refractivity contribution in [2.45, 2.75) is 31.9 Å². The van der Waals surface area contributed by atoms with Crippen molar-refractivity contribution < 1.29 is 27.9 Å². The molecular formula is C18H19F3N4O3. The summed E-state index contributed by atoms with van der Waals surface area (Å²) >= 11 is 0. The lowest BCUT2D eigenvalue weighted by molar-refractivity contribution is -0.138. The van der Waals surface area contributed by atoms with E-state index in [1.807, 2.05) is 0 Å². The second-order valence-electron chi connectivity index (χ2n) is 6.79. The third kappa shape index (κ3) is 4.68. The molecule has 7 nitrogen and oxygen atoms in total. The summed E-state index contributed by atoms with van der Waals surface area (Å²) < 4.78 is 39.7. The Kier molecular flexibility index (Phi) is 5.66. The topological polar surface area (TPSA) is 88.3 Å². The number of aliphatic carboxylic acids is 1. The van der Waals surface area contributed by atoms with Crippen LogP contribution in [0.25, 0.3) is 5.69 Å². The number of rotatable bonds is 5. The highest BCUT2D eigenvalue weighted by Crippen LogP contribution is 2.30. The molecule has 1 aromatic carbocycles. The number of aromatic nitrogens is 3. The number of halogens is 3. The largest absolute Gasteiger partial charge is 0.481 e. The van der Waals surface area contributed by atoms with Crippen LogP contribution in [0.4, 0.5) is 13.2 Å². The van der Waals surface area contributed by atoms with Crippen molar-refractivity contribution in [3.63, 3.8) is 0 Å². The quantitative estimate of drug-likeness (QED) is 0.839. The predicted molar refractivity (Wildman–Crippen MR) is 91.9 cm³/mol. The Bertz CT molecular complexity index is 866. The van der Waals surface area contributed by atoms with Gasteiger partial charge in [-0.2, -0.15) is 13.2 Å². The van der Waals surface area contributed by atoms with Gasteiger partial charge in [0.1, 0.15) is 0 Å². The summed E-state index contributed by atoms with van der Waals surface area (Å²) in [5.41, 5.74) is -0.624. The van der Waals surface area contributed by atoms with E-state index >= 15 is 0 Å². The number of benzene rings is 1. The van der Waals surface area contributed by atoms with Crippen LogP contribution in [0.5, 0.6) is 0 Å². The molecule has 2 aromatic rings. The third-order valence-corrected chi connectivity index (χ3v) is 4.72. The molecule has 1 saturated heterocycles. The standard InChI is InChI=1S/C18H19F3N4O3/c19-18(20,21)13-4-1-5-14(9-13)25-11-15(22-23-25)17(28)24-8-2-3-12(10-24)6-7-16(26)27/h1,4-5,9,11-12H,2-3,6-8,10H2,(H,26,27). The summed E-state index contributed by atoms with van der Waals surface area (Å²) in [6.45, 7) is 0.960. The minimum atomic E-state index is -4.48. The van der Waals surface area contributed by atoms with Gasteiger partial charge in [0.15, 0.2) is 5.69 Å². The number of carbonyl (C=O) groups excluding carboxylic acids is 1. The summed E-state index contributed by atoms with van der Waals surface area (Å²) in [4.78, 5) is 25.0. The molecule has 3 rings (SSSR count). The Morgan fingerprint density at radius 1 is 1.29 bits per heavy atom. The molecule has 1 aliphatic rings. The van der Waals surface area contributed by atoms with Crippen LogP contribution in [-0.2, 0) is 11.0 Å². The Balaban J connectivity index is 1.71. The van der Waals surface area contributed by atoms with Crippen molar-refractivity contribution in [2.24, 2.45) is 5.92 Å². The summed E-state index contributed by atoms with van der Waals surface area (Å²) in [5.74, 6) is -1.13. The maximum absolute atomic E-state index is 12.9. The second kappa shape index (κ2) is 7.99. The number of likely N-dealkylation sites (tertiary alicyclic amines) is 1. The summed E-state index contributed by atoms with van der Waals surface area (Å²) in [5, 5.41) is 16.4. The van der Waals surface area contributed by atoms with E-state index in [9.17, 15) is 22.8 Å². The van der Waals surface area contributed by atoms with Crippen molar-refractivity contribution in [3.05, 3.63) is 41.7 Å². The zero-order valence-electron chi connectivity index (χ0n) is 14.9. The fourth-order valence-corrected chi connectivity index (χ4v) is 3.29. The molecule has 150 valence electrons. The average Bonchev–Trinajstić information content (AvgIpc) is 3.15. The Morgan fingerprint density at radius 2 is 2.07 bits per heavy atom. The van der Waals surface area contributed by atoms with Crippen molar-refractivity contribution in [2.75, 3.05) is 13.1 Å². The lowest BCUT2D eigenvalue weighted by Gasteiger charge is -2.32. The van der Waals surface area contributed by atoms with E-state index < -0.39 is 17.7 Å². The maximum atomic E-state index is 12.9. The number of amides is 1. The molecule has 0 spiro atoms. The van der Waals surface area contributed by atoms with Crippen LogP contribution >= 0.6 is 0 Å². The molecule has 1 fully saturated rings.